The van der Waals surface area contributed by atoms with Crippen molar-refractivity contribution >= 4 is 28.6 Å². The van der Waals surface area contributed by atoms with E-state index in [1.54, 1.807) is 0 Å². The Kier molecular flexibility index (Phi) is 4.97. The first-order chi connectivity index (χ1) is 12.0. The molecule has 2 aromatic carbocycles. The minimum absolute atomic E-state index is 0.170. The van der Waals surface area contributed by atoms with E-state index in [0.29, 0.717) is 12.8 Å². The van der Waals surface area contributed by atoms with E-state index < -0.39 is 12.0 Å². The maximum Gasteiger partial charge on any atom is 0.329 e. The van der Waals surface area contributed by atoms with E-state index in [9.17, 15) is 14.4 Å². The van der Waals surface area contributed by atoms with Gasteiger partial charge in [0.15, 0.2) is 6.61 Å². The van der Waals surface area contributed by atoms with Crippen molar-refractivity contribution in [2.75, 3.05) is 6.61 Å². The molecule has 2 aromatic rings. The van der Waals surface area contributed by atoms with E-state index in [0.717, 1.165) is 16.3 Å². The van der Waals surface area contributed by atoms with Gasteiger partial charge < -0.3 is 15.4 Å². The molecule has 0 bridgehead atoms. The van der Waals surface area contributed by atoms with Crippen LogP contribution in [0.25, 0.3) is 10.8 Å². The lowest BCUT2D eigenvalue weighted by atomic mass is 10.00. The Morgan fingerprint density at radius 3 is 2.76 bits per heavy atom. The molecule has 1 aliphatic heterocycles. The summed E-state index contributed by atoms with van der Waals surface area (Å²) < 4.78 is 4.99. The lowest BCUT2D eigenvalue weighted by Crippen LogP contribution is -2.37. The van der Waals surface area contributed by atoms with Crippen molar-refractivity contribution in [2.24, 2.45) is 0 Å². The van der Waals surface area contributed by atoms with Gasteiger partial charge in [0.25, 0.3) is 5.91 Å². The van der Waals surface area contributed by atoms with Gasteiger partial charge in [0, 0.05) is 6.42 Å². The van der Waals surface area contributed by atoms with Crippen LogP contribution in [0.2, 0.25) is 0 Å². The molecule has 0 aliphatic carbocycles. The Bertz CT molecular complexity index is 813. The molecule has 0 spiro atoms. The van der Waals surface area contributed by atoms with Crippen molar-refractivity contribution in [2.45, 2.75) is 31.8 Å². The number of nitrogens with one attached hydrogen (secondary N) is 2. The molecule has 25 heavy (non-hydrogen) atoms. The molecular weight excluding hydrogens is 320 g/mol. The van der Waals surface area contributed by atoms with Crippen LogP contribution in [0.5, 0.6) is 0 Å². The summed E-state index contributed by atoms with van der Waals surface area (Å²) in [5, 5.41) is 7.53. The van der Waals surface area contributed by atoms with Crippen LogP contribution in [0, 0.1) is 0 Å². The van der Waals surface area contributed by atoms with E-state index in [4.69, 9.17) is 4.74 Å². The van der Waals surface area contributed by atoms with Crippen molar-refractivity contribution < 1.29 is 19.1 Å². The quantitative estimate of drug-likeness (QED) is 0.814. The highest BCUT2D eigenvalue weighted by Crippen LogP contribution is 2.23. The first-order valence-corrected chi connectivity index (χ1v) is 8.27. The van der Waals surface area contributed by atoms with E-state index in [1.165, 1.54) is 0 Å². The molecule has 2 N–H and O–H groups in total. The summed E-state index contributed by atoms with van der Waals surface area (Å²) >= 11 is 0. The van der Waals surface area contributed by atoms with Gasteiger partial charge in [0.05, 0.1) is 6.04 Å². The fourth-order valence-corrected chi connectivity index (χ4v) is 3.02. The van der Waals surface area contributed by atoms with Gasteiger partial charge >= 0.3 is 5.97 Å². The lowest BCUT2D eigenvalue weighted by Gasteiger charge is -2.17. The zero-order chi connectivity index (χ0) is 17.8. The second-order valence-electron chi connectivity index (χ2n) is 6.12. The molecular formula is C19H20N2O4. The lowest BCUT2D eigenvalue weighted by molar-refractivity contribution is -0.150. The van der Waals surface area contributed by atoms with E-state index >= 15 is 0 Å². The van der Waals surface area contributed by atoms with Crippen molar-refractivity contribution in [3.05, 3.63) is 48.0 Å². The molecule has 130 valence electrons. The zero-order valence-corrected chi connectivity index (χ0v) is 14.0. The molecule has 0 radical (unpaired) electrons. The third kappa shape index (κ3) is 3.96. The van der Waals surface area contributed by atoms with Crippen LogP contribution in [0.15, 0.2) is 42.5 Å². The number of amides is 2. The molecule has 1 saturated heterocycles. The number of carbonyl (C=O) groups is 3. The second kappa shape index (κ2) is 7.34. The largest absolute Gasteiger partial charge is 0.454 e. The molecule has 1 aliphatic rings. The third-order valence-electron chi connectivity index (χ3n) is 4.29. The predicted octanol–water partition coefficient (Wildman–Crippen LogP) is 1.84. The highest BCUT2D eigenvalue weighted by atomic mass is 16.5. The Morgan fingerprint density at radius 2 is 2.00 bits per heavy atom. The highest BCUT2D eigenvalue weighted by Gasteiger charge is 2.28. The number of fused-ring (bicyclic) bond motifs is 1. The highest BCUT2D eigenvalue weighted by molar-refractivity contribution is 5.90. The fraction of sp³-hybridized carbons (Fsp3) is 0.316. The van der Waals surface area contributed by atoms with Crippen molar-refractivity contribution in [1.82, 2.24) is 10.6 Å². The Morgan fingerprint density at radius 1 is 1.24 bits per heavy atom. The standard InChI is InChI=1S/C19H20N2O4/c1-12(14-8-4-6-13-5-2-3-7-15(13)14)20-18(23)11-25-19(24)16-9-10-17(22)21-16/h2-8,12,16H,9-11H2,1H3,(H,20,23)(H,21,22)/t12-,16-/m1/s1. The molecule has 0 aromatic heterocycles. The van der Waals surface area contributed by atoms with Gasteiger partial charge in [-0.25, -0.2) is 4.79 Å². The summed E-state index contributed by atoms with van der Waals surface area (Å²) in [6.45, 7) is 1.53. The minimum atomic E-state index is -0.643. The second-order valence-corrected chi connectivity index (χ2v) is 6.12. The predicted molar refractivity (Wildman–Crippen MR) is 92.6 cm³/mol. The average Bonchev–Trinajstić information content (AvgIpc) is 3.05. The van der Waals surface area contributed by atoms with Crippen molar-refractivity contribution in [3.8, 4) is 0 Å². The van der Waals surface area contributed by atoms with Gasteiger partial charge in [-0.15, -0.1) is 0 Å². The van der Waals surface area contributed by atoms with Crippen LogP contribution < -0.4 is 10.6 Å². The van der Waals surface area contributed by atoms with E-state index in [1.807, 2.05) is 49.4 Å². The molecule has 6 heteroatoms. The van der Waals surface area contributed by atoms with Crippen LogP contribution in [0.4, 0.5) is 0 Å². The van der Waals surface area contributed by atoms with Crippen LogP contribution in [0.1, 0.15) is 31.4 Å². The smallest absolute Gasteiger partial charge is 0.329 e. The third-order valence-corrected chi connectivity index (χ3v) is 4.29. The summed E-state index contributed by atoms with van der Waals surface area (Å²) in [6.07, 6.45) is 0.718. The van der Waals surface area contributed by atoms with Crippen LogP contribution >= 0.6 is 0 Å². The molecule has 1 fully saturated rings. The molecule has 0 saturated carbocycles. The molecule has 2 amide bonds. The van der Waals surface area contributed by atoms with Gasteiger partial charge in [0.2, 0.25) is 5.91 Å². The maximum atomic E-state index is 12.1. The number of carbonyl (C=O) groups excluding carboxylic acids is 3. The van der Waals surface area contributed by atoms with Gasteiger partial charge in [-0.05, 0) is 29.7 Å². The van der Waals surface area contributed by atoms with Gasteiger partial charge in [0.1, 0.15) is 6.04 Å². The first kappa shape index (κ1) is 17.0. The van der Waals surface area contributed by atoms with E-state index in [2.05, 4.69) is 10.6 Å². The molecule has 6 nitrogen and oxygen atoms in total. The summed E-state index contributed by atoms with van der Waals surface area (Å²) in [4.78, 5) is 35.0. The number of esters is 1. The SMILES string of the molecule is C[C@@H](NC(=O)COC(=O)[C@H]1CCC(=O)N1)c1cccc2ccccc12. The van der Waals surface area contributed by atoms with Crippen LogP contribution in [-0.2, 0) is 19.1 Å². The summed E-state index contributed by atoms with van der Waals surface area (Å²) in [5.74, 6) is -1.12. The number of hydrogen-bond donors (Lipinski definition) is 2. The van der Waals surface area contributed by atoms with Crippen molar-refractivity contribution in [1.29, 1.82) is 0 Å². The maximum absolute atomic E-state index is 12.1. The van der Waals surface area contributed by atoms with Crippen LogP contribution in [-0.4, -0.2) is 30.4 Å². The zero-order valence-electron chi connectivity index (χ0n) is 14.0. The number of benzene rings is 2. The Balaban J connectivity index is 1.57. The van der Waals surface area contributed by atoms with Gasteiger partial charge in [-0.3, -0.25) is 9.59 Å². The summed E-state index contributed by atoms with van der Waals surface area (Å²) in [5.41, 5.74) is 1.00. The van der Waals surface area contributed by atoms with Gasteiger partial charge in [-0.2, -0.15) is 0 Å². The Labute approximate surface area is 145 Å². The number of ether oxygens (including phenoxy) is 1. The van der Waals surface area contributed by atoms with Crippen molar-refractivity contribution in [3.63, 3.8) is 0 Å². The first-order valence-electron chi connectivity index (χ1n) is 8.27. The number of rotatable bonds is 5. The molecule has 0 unspecified atom stereocenters. The molecule has 1 heterocycles. The summed E-state index contributed by atoms with van der Waals surface area (Å²) in [7, 11) is 0. The van der Waals surface area contributed by atoms with Gasteiger partial charge in [-0.1, -0.05) is 42.5 Å². The topological polar surface area (TPSA) is 84.5 Å². The molecule has 2 atom stereocenters. The van der Waals surface area contributed by atoms with Crippen LogP contribution in [0.3, 0.4) is 0 Å². The normalized spacial score (nSPS) is 17.8. The summed E-state index contributed by atoms with van der Waals surface area (Å²) in [6, 6.07) is 13.0. The molecule has 3 rings (SSSR count). The number of hydrogen-bond acceptors (Lipinski definition) is 4. The van der Waals surface area contributed by atoms with E-state index in [-0.39, 0.29) is 24.5 Å². The minimum Gasteiger partial charge on any atom is -0.454 e. The Hall–Kier alpha value is -2.89. The average molecular weight is 340 g/mol. The fourth-order valence-electron chi connectivity index (χ4n) is 3.02. The monoisotopic (exact) mass is 340 g/mol.